The first-order chi connectivity index (χ1) is 21.3. The lowest BCUT2D eigenvalue weighted by Gasteiger charge is -2.27. The minimum Gasteiger partial charge on any atom is -0.456 e. The van der Waals surface area contributed by atoms with Gasteiger partial charge in [0, 0.05) is 47.7 Å². The molecule has 0 saturated carbocycles. The lowest BCUT2D eigenvalue weighted by molar-refractivity contribution is 0.669. The standard InChI is InChI=1S/C40H25NOS/c1-2-10-27(11-3-1)41(28-19-20-34-33-15-7-9-17-39(33)43-40(34)25-28)36-22-21-29(30-12-4-5-13-31(30)36)26-18-23-38-35(24-26)32-14-6-8-16-37(32)42-38/h1-25H. The van der Waals surface area contributed by atoms with Gasteiger partial charge in [-0.3, -0.25) is 0 Å². The maximum Gasteiger partial charge on any atom is 0.135 e. The molecule has 3 heteroatoms. The van der Waals surface area contributed by atoms with E-state index < -0.39 is 0 Å². The van der Waals surface area contributed by atoms with E-state index in [0.29, 0.717) is 0 Å². The first kappa shape index (κ1) is 24.2. The second-order valence-corrected chi connectivity index (χ2v) is 12.0. The molecule has 0 amide bonds. The molecule has 0 aliphatic rings. The van der Waals surface area contributed by atoms with Crippen LogP contribution in [0, 0.1) is 0 Å². The molecule has 0 radical (unpaired) electrons. The Morgan fingerprint density at radius 1 is 0.419 bits per heavy atom. The number of hydrogen-bond donors (Lipinski definition) is 0. The fraction of sp³-hybridized carbons (Fsp3) is 0. The van der Waals surface area contributed by atoms with Gasteiger partial charge in [0.2, 0.25) is 0 Å². The highest BCUT2D eigenvalue weighted by atomic mass is 32.1. The number of nitrogens with zero attached hydrogens (tertiary/aromatic N) is 1. The predicted molar refractivity (Wildman–Crippen MR) is 184 cm³/mol. The van der Waals surface area contributed by atoms with Crippen LogP contribution in [-0.4, -0.2) is 0 Å². The summed E-state index contributed by atoms with van der Waals surface area (Å²) in [6.45, 7) is 0. The van der Waals surface area contributed by atoms with Crippen molar-refractivity contribution in [2.45, 2.75) is 0 Å². The van der Waals surface area contributed by atoms with Gasteiger partial charge in [-0.25, -0.2) is 0 Å². The van der Waals surface area contributed by atoms with Crippen LogP contribution in [0.15, 0.2) is 156 Å². The predicted octanol–water partition coefficient (Wildman–Crippen LogP) is 12.2. The Bertz CT molecular complexity index is 2470. The van der Waals surface area contributed by atoms with Crippen LogP contribution in [0.4, 0.5) is 17.1 Å². The third-order valence-electron chi connectivity index (χ3n) is 8.46. The molecule has 202 valence electrons. The van der Waals surface area contributed by atoms with E-state index in [-0.39, 0.29) is 0 Å². The highest BCUT2D eigenvalue weighted by molar-refractivity contribution is 7.25. The van der Waals surface area contributed by atoms with Gasteiger partial charge in [-0.1, -0.05) is 97.1 Å². The molecule has 0 unspecified atom stereocenters. The van der Waals surface area contributed by atoms with Gasteiger partial charge in [0.05, 0.1) is 5.69 Å². The summed E-state index contributed by atoms with van der Waals surface area (Å²) in [6.07, 6.45) is 0. The summed E-state index contributed by atoms with van der Waals surface area (Å²) in [5.41, 5.74) is 7.66. The summed E-state index contributed by atoms with van der Waals surface area (Å²) >= 11 is 1.85. The third-order valence-corrected chi connectivity index (χ3v) is 9.60. The lowest BCUT2D eigenvalue weighted by Crippen LogP contribution is -2.10. The van der Waals surface area contributed by atoms with Crippen molar-refractivity contribution in [1.29, 1.82) is 0 Å². The van der Waals surface area contributed by atoms with E-state index in [4.69, 9.17) is 4.42 Å². The molecule has 9 rings (SSSR count). The van der Waals surface area contributed by atoms with Crippen molar-refractivity contribution in [2.75, 3.05) is 4.90 Å². The zero-order valence-electron chi connectivity index (χ0n) is 23.2. The van der Waals surface area contributed by atoms with Gasteiger partial charge in [0.15, 0.2) is 0 Å². The van der Waals surface area contributed by atoms with Crippen molar-refractivity contribution in [3.05, 3.63) is 152 Å². The van der Waals surface area contributed by atoms with Gasteiger partial charge < -0.3 is 9.32 Å². The smallest absolute Gasteiger partial charge is 0.135 e. The van der Waals surface area contributed by atoms with E-state index in [0.717, 1.165) is 39.0 Å². The van der Waals surface area contributed by atoms with Crippen LogP contribution in [0.5, 0.6) is 0 Å². The average Bonchev–Trinajstić information content (AvgIpc) is 3.63. The summed E-state index contributed by atoms with van der Waals surface area (Å²) in [7, 11) is 0. The highest BCUT2D eigenvalue weighted by Crippen LogP contribution is 2.44. The Balaban J connectivity index is 1.25. The van der Waals surface area contributed by atoms with Gasteiger partial charge in [-0.2, -0.15) is 0 Å². The van der Waals surface area contributed by atoms with Crippen molar-refractivity contribution in [1.82, 2.24) is 0 Å². The Labute approximate surface area is 252 Å². The topological polar surface area (TPSA) is 16.4 Å². The summed E-state index contributed by atoms with van der Waals surface area (Å²) in [5.74, 6) is 0. The maximum absolute atomic E-state index is 6.12. The van der Waals surface area contributed by atoms with E-state index in [9.17, 15) is 0 Å². The molecule has 2 heterocycles. The lowest BCUT2D eigenvalue weighted by atomic mass is 9.95. The second kappa shape index (κ2) is 9.59. The first-order valence-corrected chi connectivity index (χ1v) is 15.3. The Morgan fingerprint density at radius 2 is 1.12 bits per heavy atom. The van der Waals surface area contributed by atoms with Crippen LogP contribution in [0.1, 0.15) is 0 Å². The number of furan rings is 1. The molecular formula is C40H25NOS. The summed E-state index contributed by atoms with van der Waals surface area (Å²) in [4.78, 5) is 2.39. The van der Waals surface area contributed by atoms with Gasteiger partial charge in [0.1, 0.15) is 11.2 Å². The number of thiophene rings is 1. The largest absolute Gasteiger partial charge is 0.456 e. The van der Waals surface area contributed by atoms with Crippen LogP contribution < -0.4 is 4.90 Å². The van der Waals surface area contributed by atoms with Crippen molar-refractivity contribution in [2.24, 2.45) is 0 Å². The van der Waals surface area contributed by atoms with Gasteiger partial charge in [-0.15, -0.1) is 11.3 Å². The molecular weight excluding hydrogens is 543 g/mol. The number of anilines is 3. The summed E-state index contributed by atoms with van der Waals surface area (Å²) in [5, 5.41) is 7.33. The van der Waals surface area contributed by atoms with Crippen LogP contribution >= 0.6 is 11.3 Å². The van der Waals surface area contributed by atoms with E-state index in [1.165, 1.54) is 42.1 Å². The minimum absolute atomic E-state index is 0.915. The van der Waals surface area contributed by atoms with Crippen LogP contribution in [0.2, 0.25) is 0 Å². The quantitative estimate of drug-likeness (QED) is 0.210. The third kappa shape index (κ3) is 3.86. The van der Waals surface area contributed by atoms with Crippen molar-refractivity contribution < 1.29 is 4.42 Å². The Hall–Kier alpha value is -5.38. The molecule has 0 atom stereocenters. The van der Waals surface area contributed by atoms with Crippen LogP contribution in [0.3, 0.4) is 0 Å². The minimum atomic E-state index is 0.915. The van der Waals surface area contributed by atoms with Crippen molar-refractivity contribution in [3.63, 3.8) is 0 Å². The number of fused-ring (bicyclic) bond motifs is 7. The molecule has 2 nitrogen and oxygen atoms in total. The van der Waals surface area contributed by atoms with Crippen molar-refractivity contribution >= 4 is 81.3 Å². The molecule has 0 bridgehead atoms. The van der Waals surface area contributed by atoms with Crippen LogP contribution in [-0.2, 0) is 0 Å². The Morgan fingerprint density at radius 3 is 2.00 bits per heavy atom. The van der Waals surface area contributed by atoms with E-state index in [1.807, 2.05) is 23.5 Å². The highest BCUT2D eigenvalue weighted by Gasteiger charge is 2.19. The van der Waals surface area contributed by atoms with Gasteiger partial charge in [-0.05, 0) is 71.1 Å². The fourth-order valence-electron chi connectivity index (χ4n) is 6.48. The zero-order valence-corrected chi connectivity index (χ0v) is 24.0. The maximum atomic E-state index is 6.12. The first-order valence-electron chi connectivity index (χ1n) is 14.5. The van der Waals surface area contributed by atoms with Crippen molar-refractivity contribution in [3.8, 4) is 11.1 Å². The summed E-state index contributed by atoms with van der Waals surface area (Å²) in [6, 6.07) is 54.4. The number of hydrogen-bond acceptors (Lipinski definition) is 3. The van der Waals surface area contributed by atoms with E-state index in [1.54, 1.807) is 0 Å². The number of benzene rings is 7. The molecule has 9 aromatic rings. The summed E-state index contributed by atoms with van der Waals surface area (Å²) < 4.78 is 8.73. The molecule has 0 saturated heterocycles. The SMILES string of the molecule is c1ccc(N(c2ccc3c(c2)sc2ccccc23)c2ccc(-c3ccc4oc5ccccc5c4c3)c3ccccc23)cc1. The van der Waals surface area contributed by atoms with Gasteiger partial charge >= 0.3 is 0 Å². The fourth-order valence-corrected chi connectivity index (χ4v) is 7.62. The van der Waals surface area contributed by atoms with E-state index in [2.05, 4.69) is 144 Å². The molecule has 0 spiro atoms. The molecule has 0 N–H and O–H groups in total. The average molecular weight is 568 g/mol. The van der Waals surface area contributed by atoms with Crippen LogP contribution in [0.25, 0.3) is 64.0 Å². The Kier molecular flexibility index (Phi) is 5.40. The molecule has 2 aromatic heterocycles. The monoisotopic (exact) mass is 567 g/mol. The van der Waals surface area contributed by atoms with E-state index >= 15 is 0 Å². The number of rotatable bonds is 4. The molecule has 0 fully saturated rings. The molecule has 0 aliphatic carbocycles. The molecule has 43 heavy (non-hydrogen) atoms. The zero-order chi connectivity index (χ0) is 28.3. The normalized spacial score (nSPS) is 11.7. The second-order valence-electron chi connectivity index (χ2n) is 10.9. The molecule has 0 aliphatic heterocycles. The number of para-hydroxylation sites is 2. The molecule has 7 aromatic carbocycles. The van der Waals surface area contributed by atoms with Gasteiger partial charge in [0.25, 0.3) is 0 Å².